The van der Waals surface area contributed by atoms with Crippen molar-refractivity contribution in [2.45, 2.75) is 269 Å². The molecular weight excluding hydrogens is 1320 g/mol. The van der Waals surface area contributed by atoms with Crippen LogP contribution in [0.5, 0.6) is 0 Å². The number of nitrogens with zero attached hydrogens (tertiary/aromatic N) is 3. The van der Waals surface area contributed by atoms with E-state index in [0.29, 0.717) is 89.1 Å². The van der Waals surface area contributed by atoms with E-state index in [-0.39, 0.29) is 135 Å². The minimum atomic E-state index is -3.57. The molecule has 0 radical (unpaired) electrons. The molecule has 0 aromatic carbocycles. The number of carbonyl (C=O) groups is 12. The van der Waals surface area contributed by atoms with Gasteiger partial charge in [-0.1, -0.05) is 41.5 Å². The molecule has 3 heterocycles. The minimum absolute atomic E-state index is 0. The second-order valence-corrected chi connectivity index (χ2v) is 32.9. The topological polar surface area (TPSA) is 370 Å². The Morgan fingerprint density at radius 3 is 1.11 bits per heavy atom. The summed E-state index contributed by atoms with van der Waals surface area (Å²) in [5, 5.41) is 11.1. The molecule has 30 heteroatoms. The molecule has 3 aliphatic heterocycles. The number of amides is 5. The summed E-state index contributed by atoms with van der Waals surface area (Å²) >= 11 is 0. The van der Waals surface area contributed by atoms with Crippen molar-refractivity contribution >= 4 is 106 Å². The molecule has 0 unspecified atom stereocenters. The third-order valence-electron chi connectivity index (χ3n) is 13.6. The number of rotatable bonds is 36. The van der Waals surface area contributed by atoms with Gasteiger partial charge in [-0.2, -0.15) is 0 Å². The number of imide groups is 2. The molecule has 3 aliphatic rings. The summed E-state index contributed by atoms with van der Waals surface area (Å²) in [6.07, 6.45) is 11.4. The quantitative estimate of drug-likeness (QED) is 0.0227. The Kier molecular flexibility index (Phi) is 46.8. The van der Waals surface area contributed by atoms with Gasteiger partial charge in [-0.25, -0.2) is 12.9 Å². The summed E-state index contributed by atoms with van der Waals surface area (Å²) in [5.74, 6) is -4.66. The Hall–Kier alpha value is -4.90. The van der Waals surface area contributed by atoms with Crippen LogP contribution in [0.3, 0.4) is 0 Å². The fourth-order valence-corrected chi connectivity index (χ4v) is 18.3. The van der Waals surface area contributed by atoms with Crippen molar-refractivity contribution in [3.8, 4) is 0 Å². The van der Waals surface area contributed by atoms with Gasteiger partial charge in [-0.3, -0.25) is 85.9 Å². The molecule has 5 amide bonds. The molecular formula is C65H115ClN5O21P3. The lowest BCUT2D eigenvalue weighted by atomic mass is 10.0. The van der Waals surface area contributed by atoms with Crippen molar-refractivity contribution in [2.24, 2.45) is 17.6 Å². The first kappa shape index (κ1) is 94.3. The molecule has 4 N–H and O–H groups in total. The van der Waals surface area contributed by atoms with E-state index in [1.807, 2.05) is 0 Å². The summed E-state index contributed by atoms with van der Waals surface area (Å²) in [4.78, 5) is 143. The van der Waals surface area contributed by atoms with Crippen LogP contribution in [-0.2, 0) is 93.6 Å². The van der Waals surface area contributed by atoms with Gasteiger partial charge in [-0.15, -0.1) is 12.4 Å². The van der Waals surface area contributed by atoms with Crippen LogP contribution in [0.1, 0.15) is 234 Å². The van der Waals surface area contributed by atoms with Crippen molar-refractivity contribution in [3.63, 3.8) is 0 Å². The maximum atomic E-state index is 12.3. The van der Waals surface area contributed by atoms with Crippen LogP contribution in [0.25, 0.3) is 0 Å². The zero-order valence-corrected chi connectivity index (χ0v) is 63.3. The number of carboxylic acid groups (broad SMARTS) is 1. The van der Waals surface area contributed by atoms with E-state index in [1.54, 1.807) is 90.0 Å². The third kappa shape index (κ3) is 43.2. The average Bonchev–Trinajstić information content (AvgIpc) is 1.39. The summed E-state index contributed by atoms with van der Waals surface area (Å²) in [6.45, 7) is 35.4. The van der Waals surface area contributed by atoms with Gasteiger partial charge in [0.1, 0.15) is 28.6 Å². The van der Waals surface area contributed by atoms with Crippen molar-refractivity contribution in [1.82, 2.24) is 20.0 Å². The SMILES string of the molecule is CCCP1(=O)OP(=O)(CCC)OP(=O)(CCC)O1.CCN(C(C)C)C(C)C.C[C@H](CC(=O)[C@H](C)NC(=O)CCCCC(=O)CCCN1C(=O)C=CC1=O)C(=O)OC(C)(C)C.C[C@H](N)C(=O)C[C@@H](C)C(=O)OC(C)(C)C.Cl.O=C(O)CCCCC(=O)CCCN1C(=O)C=CC1=O. The molecule has 4 atom stereocenters. The normalized spacial score (nSPS) is 19.5. The molecule has 548 valence electrons. The fourth-order valence-electron chi connectivity index (χ4n) is 8.97. The van der Waals surface area contributed by atoms with E-state index >= 15 is 0 Å². The first-order valence-corrected chi connectivity index (χ1v) is 38.1. The first-order chi connectivity index (χ1) is 43.3. The maximum Gasteiger partial charge on any atom is 0.345 e. The molecule has 0 aromatic heterocycles. The number of unbranched alkanes of at least 4 members (excludes halogenated alkanes) is 2. The van der Waals surface area contributed by atoms with Gasteiger partial charge < -0.3 is 25.6 Å². The minimum Gasteiger partial charge on any atom is -0.481 e. The summed E-state index contributed by atoms with van der Waals surface area (Å²) in [7, 11) is -10.7. The summed E-state index contributed by atoms with van der Waals surface area (Å²) in [6, 6.07) is 0.148. The number of carbonyl (C=O) groups excluding carboxylic acids is 11. The zero-order valence-electron chi connectivity index (χ0n) is 59.8. The number of Topliss-reactive ketones (excluding diaryl/α,β-unsaturated/α-hetero) is 4. The number of nitrogens with two attached hydrogens (primary N) is 1. The monoisotopic (exact) mass is 1430 g/mol. The number of nitrogens with one attached hydrogen (secondary N) is 1. The molecule has 0 aliphatic carbocycles. The molecule has 3 rings (SSSR count). The predicted molar refractivity (Wildman–Crippen MR) is 367 cm³/mol. The lowest BCUT2D eigenvalue weighted by Gasteiger charge is -2.33. The zero-order chi connectivity index (χ0) is 73.0. The Labute approximate surface area is 571 Å². The number of hydrogen-bond donors (Lipinski definition) is 3. The highest BCUT2D eigenvalue weighted by Gasteiger charge is 2.51. The highest BCUT2D eigenvalue weighted by atomic mass is 35.5. The Bertz CT molecular complexity index is 2600. The van der Waals surface area contributed by atoms with Gasteiger partial charge in [0.2, 0.25) is 5.91 Å². The maximum absolute atomic E-state index is 12.3. The van der Waals surface area contributed by atoms with Crippen molar-refractivity contribution in [1.29, 1.82) is 0 Å². The lowest BCUT2D eigenvalue weighted by Crippen LogP contribution is -2.40. The smallest absolute Gasteiger partial charge is 0.345 e. The third-order valence-corrected chi connectivity index (χ3v) is 22.6. The van der Waals surface area contributed by atoms with E-state index < -0.39 is 69.8 Å². The molecule has 0 spiro atoms. The van der Waals surface area contributed by atoms with Crippen molar-refractivity contribution in [2.75, 3.05) is 38.1 Å². The molecule has 0 saturated carbocycles. The number of hydrogen-bond acceptors (Lipinski definition) is 22. The van der Waals surface area contributed by atoms with Gasteiger partial charge >= 0.3 is 40.7 Å². The summed E-state index contributed by atoms with van der Waals surface area (Å²) in [5.41, 5.74) is 4.27. The van der Waals surface area contributed by atoms with Crippen LogP contribution in [0.2, 0.25) is 0 Å². The van der Waals surface area contributed by atoms with Gasteiger partial charge in [0.05, 0.1) is 42.4 Å². The van der Waals surface area contributed by atoms with Crippen LogP contribution in [0.4, 0.5) is 0 Å². The first-order valence-electron chi connectivity index (χ1n) is 32.9. The van der Waals surface area contributed by atoms with Gasteiger partial charge in [0.15, 0.2) is 5.78 Å². The molecule has 26 nitrogen and oxygen atoms in total. The Balaban J connectivity index is -0.00000118. The van der Waals surface area contributed by atoms with Crippen molar-refractivity contribution in [3.05, 3.63) is 24.3 Å². The van der Waals surface area contributed by atoms with Crippen LogP contribution in [-0.4, -0.2) is 164 Å². The van der Waals surface area contributed by atoms with Gasteiger partial charge in [0.25, 0.3) is 23.6 Å². The second-order valence-electron chi connectivity index (χ2n) is 26.0. The fraction of sp³-hybridized carbons (Fsp3) is 0.754. The Morgan fingerprint density at radius 2 is 0.832 bits per heavy atom. The number of aliphatic carboxylic acids is 1. The van der Waals surface area contributed by atoms with Gasteiger partial charge in [0, 0.05) is 101 Å². The lowest BCUT2D eigenvalue weighted by molar-refractivity contribution is -0.161. The highest BCUT2D eigenvalue weighted by Crippen LogP contribution is 2.82. The van der Waals surface area contributed by atoms with E-state index in [4.69, 9.17) is 33.2 Å². The molecule has 1 saturated heterocycles. The number of ketones is 4. The molecule has 0 aromatic rings. The number of esters is 2. The number of ether oxygens (including phenoxy) is 2. The highest BCUT2D eigenvalue weighted by molar-refractivity contribution is 7.80. The van der Waals surface area contributed by atoms with E-state index in [0.717, 1.165) is 16.3 Å². The molecule has 0 bridgehead atoms. The second kappa shape index (κ2) is 47.2. The standard InChI is InChI=1S/C24H36N2O7.C13H17NO5.C11H21NO3.C9H21O6P3.C8H19N.ClH/c1-16(23(32)33-24(3,4)5)15-19(28)17(2)25-20(29)11-7-6-9-18(27)10-8-14-26-21(30)12-13-22(26)31;15-10(4-1-2-6-13(18)19)5-3-9-14-11(16)7-8-12(14)17;1-7(6-9(13)8(2)12)10(14)15-11(3,4)5;1-4-7-16(10)13-17(11,8-5-2)15-18(12,14-16)9-6-3;1-6-9(7(2)3)8(4)5;/h12-13,16-17H,6-11,14-15H2,1-5H3,(H,25,29);7-8H,1-6,9H2,(H,18,19);7-8H,6,12H2,1-5H3;4-9H2,1-3H3;7-8H,6H2,1-5H3;1H/t16-,17+;;7-,8+;;;/m1.1.../s1. The van der Waals surface area contributed by atoms with Crippen LogP contribution < -0.4 is 11.1 Å². The summed E-state index contributed by atoms with van der Waals surface area (Å²) < 4.78 is 62.7. The van der Waals surface area contributed by atoms with Gasteiger partial charge in [-0.05, 0) is 147 Å². The molecule has 1 fully saturated rings. The number of carboxylic acids is 1. The largest absolute Gasteiger partial charge is 0.481 e. The van der Waals surface area contributed by atoms with Crippen LogP contribution in [0.15, 0.2) is 24.3 Å². The molecule has 95 heavy (non-hydrogen) atoms. The van der Waals surface area contributed by atoms with Crippen LogP contribution in [0, 0.1) is 11.8 Å². The number of halogens is 1. The predicted octanol–water partition coefficient (Wildman–Crippen LogP) is 11.8. The van der Waals surface area contributed by atoms with E-state index in [9.17, 15) is 71.2 Å². The van der Waals surface area contributed by atoms with Crippen LogP contribution >= 0.6 is 35.2 Å². The van der Waals surface area contributed by atoms with Crippen molar-refractivity contribution < 1.29 is 98.7 Å². The average molecular weight is 1430 g/mol. The van der Waals surface area contributed by atoms with E-state index in [2.05, 4.69) is 44.8 Å². The Morgan fingerprint density at radius 1 is 0.526 bits per heavy atom. The van der Waals surface area contributed by atoms with E-state index in [1.165, 1.54) is 24.3 Å².